The zero-order chi connectivity index (χ0) is 18.7. The van der Waals surface area contributed by atoms with E-state index in [1.165, 1.54) is 0 Å². The van der Waals surface area contributed by atoms with Crippen molar-refractivity contribution in [1.82, 2.24) is 5.32 Å². The highest BCUT2D eigenvalue weighted by Crippen LogP contribution is 2.30. The number of rotatable bonds is 6. The molecule has 1 radical (unpaired) electrons. The van der Waals surface area contributed by atoms with Crippen molar-refractivity contribution < 1.29 is 19.1 Å². The van der Waals surface area contributed by atoms with E-state index < -0.39 is 21.2 Å². The van der Waals surface area contributed by atoms with Gasteiger partial charge in [0.05, 0.1) is 11.6 Å². The largest absolute Gasteiger partial charge is 0.542 e. The first-order valence-electron chi connectivity index (χ1n) is 8.09. The van der Waals surface area contributed by atoms with Crippen LogP contribution in [0, 0.1) is 5.92 Å². The van der Waals surface area contributed by atoms with Gasteiger partial charge < -0.3 is 14.8 Å². The van der Waals surface area contributed by atoms with Gasteiger partial charge in [-0.25, -0.2) is 4.79 Å². The van der Waals surface area contributed by atoms with E-state index in [9.17, 15) is 9.59 Å². The number of ketones is 1. The Balaban J connectivity index is 3.34. The summed E-state index contributed by atoms with van der Waals surface area (Å²) in [4.78, 5) is 23.9. The first-order chi connectivity index (χ1) is 10.9. The van der Waals surface area contributed by atoms with E-state index in [-0.39, 0.29) is 17.1 Å². The average molecular weight is 351 g/mol. The number of amides is 1. The monoisotopic (exact) mass is 350 g/mol. The van der Waals surface area contributed by atoms with Crippen molar-refractivity contribution in [1.29, 1.82) is 0 Å². The maximum atomic E-state index is 12.9. The number of Topliss-reactive ketones (excluding diaryl/α,β-unsaturated/α-hetero) is 1. The summed E-state index contributed by atoms with van der Waals surface area (Å²) in [5.74, 6) is 0.132. The van der Waals surface area contributed by atoms with E-state index in [0.717, 1.165) is 5.56 Å². The van der Waals surface area contributed by atoms with Gasteiger partial charge in [0.1, 0.15) is 5.75 Å². The molecule has 0 saturated carbocycles. The molecule has 0 heterocycles. The first kappa shape index (κ1) is 20.2. The molecule has 1 atom stereocenters. The lowest BCUT2D eigenvalue weighted by molar-refractivity contribution is 0.0908. The van der Waals surface area contributed by atoms with Gasteiger partial charge in [-0.05, 0) is 42.1 Å². The predicted octanol–water partition coefficient (Wildman–Crippen LogP) is 4.09. The van der Waals surface area contributed by atoms with Gasteiger partial charge in [0.25, 0.3) is 9.04 Å². The average Bonchev–Trinajstić information content (AvgIpc) is 2.42. The van der Waals surface area contributed by atoms with Crippen LogP contribution in [0.25, 0.3) is 0 Å². The second-order valence-electron chi connectivity index (χ2n) is 7.51. The number of carbonyl (C=O) groups is 2. The fourth-order valence-electron chi connectivity index (χ4n) is 2.33. The summed E-state index contributed by atoms with van der Waals surface area (Å²) in [5, 5.41) is 11.3. The van der Waals surface area contributed by atoms with Gasteiger partial charge in [-0.1, -0.05) is 40.7 Å². The molecule has 0 bridgehead atoms. The number of carboxylic acid groups (broad SMARTS) is 1. The maximum absolute atomic E-state index is 12.9. The topological polar surface area (TPSA) is 75.6 Å². The van der Waals surface area contributed by atoms with Crippen LogP contribution in [-0.4, -0.2) is 32.1 Å². The predicted molar refractivity (Wildman–Crippen MR) is 97.4 cm³/mol. The molecule has 0 aromatic heterocycles. The molecule has 0 saturated heterocycles. The number of hydrogen-bond donors (Lipinski definition) is 2. The third-order valence-electron chi connectivity index (χ3n) is 3.66. The molecule has 1 aromatic carbocycles. The summed E-state index contributed by atoms with van der Waals surface area (Å²) in [6, 6.07) is 4.77. The Morgan fingerprint density at radius 1 is 1.21 bits per heavy atom. The minimum Gasteiger partial charge on any atom is -0.542 e. The molecule has 0 spiro atoms. The molecule has 6 heteroatoms. The molecule has 0 aliphatic heterocycles. The number of carbonyl (C=O) groups excluding carboxylic acids is 1. The molecule has 1 aromatic rings. The fourth-order valence-corrected chi connectivity index (χ4v) is 2.94. The van der Waals surface area contributed by atoms with Gasteiger partial charge in [0.2, 0.25) is 0 Å². The zero-order valence-electron chi connectivity index (χ0n) is 15.6. The molecule has 5 nitrogen and oxygen atoms in total. The van der Waals surface area contributed by atoms with Crippen LogP contribution in [-0.2, 0) is 5.41 Å². The fraction of sp³-hybridized carbons (Fsp3) is 0.556. The van der Waals surface area contributed by atoms with Crippen molar-refractivity contribution in [2.75, 3.05) is 0 Å². The van der Waals surface area contributed by atoms with Crippen molar-refractivity contribution >= 4 is 20.9 Å². The molecular weight excluding hydrogens is 322 g/mol. The zero-order valence-corrected chi connectivity index (χ0v) is 16.6. The standard InChI is InChI=1S/C18H28NO4Si/c1-11(2)15(19-17(21)22)16(20)13-9-8-12(18(3,4)5)10-14(13)23-24(6)7/h8-11,15,19H,1-7H3,(H,21,22)/t15-/m0/s1. The Hall–Kier alpha value is -1.82. The van der Waals surface area contributed by atoms with Crippen LogP contribution in [0.4, 0.5) is 4.79 Å². The molecule has 24 heavy (non-hydrogen) atoms. The lowest BCUT2D eigenvalue weighted by Gasteiger charge is -2.24. The summed E-state index contributed by atoms with van der Waals surface area (Å²) >= 11 is 0. The highest BCUT2D eigenvalue weighted by atomic mass is 28.3. The molecule has 1 rings (SSSR count). The van der Waals surface area contributed by atoms with Crippen molar-refractivity contribution in [2.45, 2.75) is 59.2 Å². The van der Waals surface area contributed by atoms with E-state index in [4.69, 9.17) is 9.53 Å². The van der Waals surface area contributed by atoms with E-state index >= 15 is 0 Å². The molecule has 0 unspecified atom stereocenters. The Bertz CT molecular complexity index is 606. The summed E-state index contributed by atoms with van der Waals surface area (Å²) in [6.07, 6.45) is -1.20. The van der Waals surface area contributed by atoms with Gasteiger partial charge in [-0.15, -0.1) is 0 Å². The smallest absolute Gasteiger partial charge is 0.405 e. The normalized spacial score (nSPS) is 13.0. The van der Waals surface area contributed by atoms with Gasteiger partial charge in [0, 0.05) is 0 Å². The number of hydrogen-bond acceptors (Lipinski definition) is 3. The molecule has 2 N–H and O–H groups in total. The second-order valence-corrected chi connectivity index (χ2v) is 9.53. The van der Waals surface area contributed by atoms with Crippen molar-refractivity contribution in [2.24, 2.45) is 5.92 Å². The Morgan fingerprint density at radius 3 is 2.21 bits per heavy atom. The van der Waals surface area contributed by atoms with Crippen LogP contribution in [0.15, 0.2) is 18.2 Å². The van der Waals surface area contributed by atoms with E-state index in [1.54, 1.807) is 6.07 Å². The molecule has 0 fully saturated rings. The highest BCUT2D eigenvalue weighted by Gasteiger charge is 2.28. The van der Waals surface area contributed by atoms with Crippen molar-refractivity contribution in [3.63, 3.8) is 0 Å². The molecule has 0 aliphatic rings. The van der Waals surface area contributed by atoms with Gasteiger partial charge in [-0.3, -0.25) is 4.79 Å². The van der Waals surface area contributed by atoms with E-state index in [1.807, 2.05) is 39.1 Å². The van der Waals surface area contributed by atoms with Crippen molar-refractivity contribution in [3.05, 3.63) is 29.3 Å². The lowest BCUT2D eigenvalue weighted by atomic mass is 9.85. The van der Waals surface area contributed by atoms with Gasteiger partial charge >= 0.3 is 6.09 Å². The summed E-state index contributed by atoms with van der Waals surface area (Å²) in [6.45, 7) is 13.9. The van der Waals surface area contributed by atoms with Gasteiger partial charge in [-0.2, -0.15) is 0 Å². The minimum absolute atomic E-state index is 0.0646. The van der Waals surface area contributed by atoms with Crippen LogP contribution in [0.3, 0.4) is 0 Å². The number of nitrogens with one attached hydrogen (secondary N) is 1. The first-order valence-corrected chi connectivity index (χ1v) is 10.5. The quantitative estimate of drug-likeness (QED) is 0.598. The third-order valence-corrected chi connectivity index (χ3v) is 4.28. The third kappa shape index (κ3) is 5.37. The van der Waals surface area contributed by atoms with Crippen LogP contribution >= 0.6 is 0 Å². The minimum atomic E-state index is -1.20. The molecule has 0 aliphatic carbocycles. The Labute approximate surface area is 146 Å². The highest BCUT2D eigenvalue weighted by molar-refractivity contribution is 6.49. The summed E-state index contributed by atoms with van der Waals surface area (Å²) in [5.41, 5.74) is 1.44. The lowest BCUT2D eigenvalue weighted by Crippen LogP contribution is -2.44. The summed E-state index contributed by atoms with van der Waals surface area (Å²) in [7, 11) is -1.06. The van der Waals surface area contributed by atoms with E-state index in [2.05, 4.69) is 26.1 Å². The van der Waals surface area contributed by atoms with E-state index in [0.29, 0.717) is 11.3 Å². The van der Waals surface area contributed by atoms with Crippen LogP contribution < -0.4 is 9.74 Å². The second kappa shape index (κ2) is 7.83. The summed E-state index contributed by atoms with van der Waals surface area (Å²) < 4.78 is 5.94. The van der Waals surface area contributed by atoms with Crippen LogP contribution in [0.5, 0.6) is 5.75 Å². The molecule has 133 valence electrons. The molecular formula is C18H28NO4Si. The Kier molecular flexibility index (Phi) is 6.60. The van der Waals surface area contributed by atoms with Crippen LogP contribution in [0.2, 0.25) is 13.1 Å². The number of benzene rings is 1. The molecule has 1 amide bonds. The van der Waals surface area contributed by atoms with Crippen molar-refractivity contribution in [3.8, 4) is 5.75 Å². The van der Waals surface area contributed by atoms with Gasteiger partial charge in [0.15, 0.2) is 5.78 Å². The maximum Gasteiger partial charge on any atom is 0.405 e. The SMILES string of the molecule is CC(C)[C@H](NC(=O)O)C(=O)c1ccc(C(C)(C)C)cc1O[Si](C)C. The van der Waals surface area contributed by atoms with Crippen LogP contribution in [0.1, 0.15) is 50.5 Å². The Morgan fingerprint density at radius 2 is 1.79 bits per heavy atom.